The number of rotatable bonds is 6. The topological polar surface area (TPSA) is 95.5 Å². The number of hydrogen-bond acceptors (Lipinski definition) is 4. The van der Waals surface area contributed by atoms with Gasteiger partial charge in [0.25, 0.3) is 0 Å². The molecule has 1 rings (SSSR count). The molecule has 3 N–H and O–H groups in total. The summed E-state index contributed by atoms with van der Waals surface area (Å²) >= 11 is 1.49. The molecule has 1 heterocycles. The first-order chi connectivity index (χ1) is 8.08. The third kappa shape index (κ3) is 5.67. The Hall–Kier alpha value is -1.89. The predicted molar refractivity (Wildman–Crippen MR) is 61.7 cm³/mol. The first-order valence-corrected chi connectivity index (χ1v) is 5.78. The van der Waals surface area contributed by atoms with Crippen LogP contribution in [-0.4, -0.2) is 36.0 Å². The second kappa shape index (κ2) is 6.64. The lowest BCUT2D eigenvalue weighted by Gasteiger charge is -2.04. The number of nitrogens with one attached hydrogen (secondary N) is 2. The first-order valence-electron chi connectivity index (χ1n) is 4.84. The van der Waals surface area contributed by atoms with Gasteiger partial charge >= 0.3 is 5.97 Å². The fraction of sp³-hybridized carbons (Fsp3) is 0.300. The molecule has 6 nitrogen and oxygen atoms in total. The fourth-order valence-corrected chi connectivity index (χ4v) is 1.73. The van der Waals surface area contributed by atoms with E-state index in [0.29, 0.717) is 0 Å². The van der Waals surface area contributed by atoms with Gasteiger partial charge in [-0.05, 0) is 22.4 Å². The van der Waals surface area contributed by atoms with Gasteiger partial charge in [-0.2, -0.15) is 11.3 Å². The highest BCUT2D eigenvalue weighted by molar-refractivity contribution is 7.07. The molecule has 0 saturated heterocycles. The lowest BCUT2D eigenvalue weighted by Crippen LogP contribution is -2.39. The number of aliphatic carboxylic acids is 1. The monoisotopic (exact) mass is 256 g/mol. The molecule has 0 bridgehead atoms. The molecule has 0 aliphatic heterocycles. The second-order valence-corrected chi connectivity index (χ2v) is 4.04. The highest BCUT2D eigenvalue weighted by atomic mass is 32.1. The quantitative estimate of drug-likeness (QED) is 0.645. The molecule has 7 heteroatoms. The summed E-state index contributed by atoms with van der Waals surface area (Å²) in [7, 11) is 0. The summed E-state index contributed by atoms with van der Waals surface area (Å²) in [6, 6.07) is 1.83. The molecular weight excluding hydrogens is 244 g/mol. The minimum atomic E-state index is -1.12. The molecule has 0 radical (unpaired) electrons. The molecule has 1 aromatic heterocycles. The first kappa shape index (κ1) is 13.2. The molecule has 0 unspecified atom stereocenters. The Morgan fingerprint density at radius 1 is 1.18 bits per heavy atom. The van der Waals surface area contributed by atoms with Crippen molar-refractivity contribution in [2.75, 3.05) is 13.1 Å². The molecule has 0 fully saturated rings. The van der Waals surface area contributed by atoms with Crippen LogP contribution in [0.5, 0.6) is 0 Å². The Balaban J connectivity index is 2.19. The van der Waals surface area contributed by atoms with Gasteiger partial charge in [0.05, 0.1) is 13.0 Å². The van der Waals surface area contributed by atoms with Crippen LogP contribution in [0.25, 0.3) is 0 Å². The van der Waals surface area contributed by atoms with E-state index in [1.54, 1.807) is 0 Å². The number of carboxylic acids is 1. The van der Waals surface area contributed by atoms with Gasteiger partial charge in [-0.25, -0.2) is 0 Å². The molecule has 0 aliphatic carbocycles. The van der Waals surface area contributed by atoms with Crippen molar-refractivity contribution in [2.45, 2.75) is 6.42 Å². The van der Waals surface area contributed by atoms with Crippen molar-refractivity contribution in [1.82, 2.24) is 10.6 Å². The Bertz CT molecular complexity index is 402. The molecule has 92 valence electrons. The lowest BCUT2D eigenvalue weighted by molar-refractivity contribution is -0.137. The fourth-order valence-electron chi connectivity index (χ4n) is 1.06. The van der Waals surface area contributed by atoms with Gasteiger partial charge in [0, 0.05) is 0 Å². The normalized spacial score (nSPS) is 9.65. The third-order valence-corrected chi connectivity index (χ3v) is 2.56. The van der Waals surface area contributed by atoms with Gasteiger partial charge in [-0.3, -0.25) is 14.4 Å². The van der Waals surface area contributed by atoms with Gasteiger partial charge in [-0.15, -0.1) is 0 Å². The number of carboxylic acid groups (broad SMARTS) is 1. The Kier molecular flexibility index (Phi) is 5.15. The molecule has 2 amide bonds. The van der Waals surface area contributed by atoms with Gasteiger partial charge < -0.3 is 15.7 Å². The Labute approximate surface area is 102 Å². The SMILES string of the molecule is O=C(O)CNC(=O)CNC(=O)Cc1ccsc1. The van der Waals surface area contributed by atoms with Crippen molar-refractivity contribution in [1.29, 1.82) is 0 Å². The number of hydrogen-bond donors (Lipinski definition) is 3. The third-order valence-electron chi connectivity index (χ3n) is 1.83. The summed E-state index contributed by atoms with van der Waals surface area (Å²) < 4.78 is 0. The van der Waals surface area contributed by atoms with Crippen molar-refractivity contribution in [3.8, 4) is 0 Å². The van der Waals surface area contributed by atoms with Crippen molar-refractivity contribution in [3.63, 3.8) is 0 Å². The molecule has 0 aliphatic rings. The van der Waals surface area contributed by atoms with Crippen LogP contribution in [0.4, 0.5) is 0 Å². The van der Waals surface area contributed by atoms with E-state index < -0.39 is 18.4 Å². The molecule has 0 saturated carbocycles. The van der Waals surface area contributed by atoms with Crippen molar-refractivity contribution in [2.24, 2.45) is 0 Å². The Morgan fingerprint density at radius 3 is 2.47 bits per heavy atom. The molecule has 0 atom stereocenters. The van der Waals surface area contributed by atoms with Gasteiger partial charge in [0.1, 0.15) is 6.54 Å². The minimum absolute atomic E-state index is 0.212. The Morgan fingerprint density at radius 2 is 1.88 bits per heavy atom. The highest BCUT2D eigenvalue weighted by Gasteiger charge is 2.07. The van der Waals surface area contributed by atoms with Crippen LogP contribution in [0.3, 0.4) is 0 Å². The average Bonchev–Trinajstić information content (AvgIpc) is 2.76. The zero-order valence-electron chi connectivity index (χ0n) is 8.93. The van der Waals surface area contributed by atoms with Crippen LogP contribution >= 0.6 is 11.3 Å². The van der Waals surface area contributed by atoms with E-state index in [1.165, 1.54) is 11.3 Å². The zero-order valence-corrected chi connectivity index (χ0v) is 9.75. The van der Waals surface area contributed by atoms with E-state index in [0.717, 1.165) is 5.56 Å². The van der Waals surface area contributed by atoms with Crippen LogP contribution in [0, 0.1) is 0 Å². The summed E-state index contributed by atoms with van der Waals surface area (Å²) in [5.41, 5.74) is 0.887. The van der Waals surface area contributed by atoms with E-state index in [1.807, 2.05) is 16.8 Å². The lowest BCUT2D eigenvalue weighted by atomic mass is 10.2. The molecule has 0 aromatic carbocycles. The number of carbonyl (C=O) groups excluding carboxylic acids is 2. The van der Waals surface area contributed by atoms with Crippen LogP contribution in [0.15, 0.2) is 16.8 Å². The second-order valence-electron chi connectivity index (χ2n) is 3.26. The molecule has 1 aromatic rings. The minimum Gasteiger partial charge on any atom is -0.480 e. The van der Waals surface area contributed by atoms with Gasteiger partial charge in [0.2, 0.25) is 11.8 Å². The van der Waals surface area contributed by atoms with Crippen LogP contribution in [-0.2, 0) is 20.8 Å². The number of amides is 2. The van der Waals surface area contributed by atoms with Crippen LogP contribution in [0.2, 0.25) is 0 Å². The van der Waals surface area contributed by atoms with Gasteiger partial charge in [-0.1, -0.05) is 0 Å². The van der Waals surface area contributed by atoms with Crippen molar-refractivity contribution in [3.05, 3.63) is 22.4 Å². The van der Waals surface area contributed by atoms with Gasteiger partial charge in [0.15, 0.2) is 0 Å². The van der Waals surface area contributed by atoms with E-state index in [4.69, 9.17) is 5.11 Å². The molecule has 0 spiro atoms. The predicted octanol–water partition coefficient (Wildman–Crippen LogP) is -0.392. The summed E-state index contributed by atoms with van der Waals surface area (Å²) in [6.07, 6.45) is 0.218. The van der Waals surface area contributed by atoms with E-state index in [9.17, 15) is 14.4 Å². The van der Waals surface area contributed by atoms with E-state index in [2.05, 4.69) is 10.6 Å². The van der Waals surface area contributed by atoms with E-state index >= 15 is 0 Å². The summed E-state index contributed by atoms with van der Waals surface area (Å²) in [4.78, 5) is 32.6. The summed E-state index contributed by atoms with van der Waals surface area (Å²) in [6.45, 7) is -0.657. The number of carbonyl (C=O) groups is 3. The maximum Gasteiger partial charge on any atom is 0.322 e. The summed E-state index contributed by atoms with van der Waals surface area (Å²) in [5.74, 6) is -1.91. The van der Waals surface area contributed by atoms with Crippen LogP contribution in [0.1, 0.15) is 5.56 Å². The maximum absolute atomic E-state index is 11.4. The number of thiophene rings is 1. The smallest absolute Gasteiger partial charge is 0.322 e. The highest BCUT2D eigenvalue weighted by Crippen LogP contribution is 2.05. The van der Waals surface area contributed by atoms with Crippen LogP contribution < -0.4 is 10.6 Å². The summed E-state index contributed by atoms with van der Waals surface area (Å²) in [5, 5.41) is 16.6. The molecule has 17 heavy (non-hydrogen) atoms. The average molecular weight is 256 g/mol. The zero-order chi connectivity index (χ0) is 12.7. The largest absolute Gasteiger partial charge is 0.480 e. The van der Waals surface area contributed by atoms with Crippen molar-refractivity contribution < 1.29 is 19.5 Å². The molecular formula is C10H12N2O4S. The standard InChI is InChI=1S/C10H12N2O4S/c13-8(3-7-1-2-17-6-7)11-4-9(14)12-5-10(15)16/h1-2,6H,3-5H2,(H,11,13)(H,12,14)(H,15,16). The maximum atomic E-state index is 11.4. The van der Waals surface area contributed by atoms with E-state index in [-0.39, 0.29) is 18.9 Å². The van der Waals surface area contributed by atoms with Crippen molar-refractivity contribution >= 4 is 29.1 Å².